The van der Waals surface area contributed by atoms with Crippen LogP contribution < -0.4 is 5.73 Å². The van der Waals surface area contributed by atoms with Gasteiger partial charge >= 0.3 is 0 Å². The van der Waals surface area contributed by atoms with E-state index in [9.17, 15) is 10.1 Å². The fraction of sp³-hybridized carbons (Fsp3) is 0.435. The normalized spacial score (nSPS) is 19.7. The molecule has 31 heavy (non-hydrogen) atoms. The quantitative estimate of drug-likeness (QED) is 0.319. The number of nitro benzene ring substituents is 1. The van der Waals surface area contributed by atoms with Gasteiger partial charge in [0.2, 0.25) is 0 Å². The van der Waals surface area contributed by atoms with E-state index < -0.39 is 0 Å². The number of guanidine groups is 1. The van der Waals surface area contributed by atoms with Gasteiger partial charge in [0, 0.05) is 30.3 Å². The largest absolute Gasteiger partial charge is 0.370 e. The molecule has 4 rings (SSSR count). The maximum absolute atomic E-state index is 11.3. The molecule has 0 saturated carbocycles. The number of rotatable bonds is 6. The van der Waals surface area contributed by atoms with Crippen LogP contribution in [0.5, 0.6) is 0 Å². The number of nitro groups is 1. The number of hydrogen-bond donors (Lipinski definition) is 2. The Balaban J connectivity index is 1.33. The monoisotopic (exact) mass is 423 g/mol. The Kier molecular flexibility index (Phi) is 6.48. The van der Waals surface area contributed by atoms with Crippen molar-refractivity contribution in [2.24, 2.45) is 11.7 Å². The van der Waals surface area contributed by atoms with E-state index in [0.29, 0.717) is 25.6 Å². The molecule has 1 fully saturated rings. The molecule has 0 bridgehead atoms. The Bertz CT molecular complexity index is 942. The Morgan fingerprint density at radius 1 is 1.13 bits per heavy atom. The van der Waals surface area contributed by atoms with Crippen LogP contribution in [0, 0.1) is 21.4 Å². The predicted octanol–water partition coefficient (Wildman–Crippen LogP) is 3.27. The molecule has 0 aromatic heterocycles. The zero-order chi connectivity index (χ0) is 21.8. The van der Waals surface area contributed by atoms with Crippen LogP contribution in [0.1, 0.15) is 35.8 Å². The lowest BCUT2D eigenvalue weighted by atomic mass is 9.96. The van der Waals surface area contributed by atoms with Crippen molar-refractivity contribution in [1.29, 1.82) is 5.41 Å². The molecule has 1 saturated heterocycles. The van der Waals surface area contributed by atoms with Crippen molar-refractivity contribution in [2.45, 2.75) is 32.0 Å². The SMILES string of the molecule is N=C(N)N1CCc2ccccc2C1OCC1CCN(Cc2ccccc2[N+](=O)[O-])CC1. The summed E-state index contributed by atoms with van der Waals surface area (Å²) in [6.07, 6.45) is 2.51. The van der Waals surface area contributed by atoms with Crippen LogP contribution >= 0.6 is 0 Å². The maximum atomic E-state index is 11.3. The van der Waals surface area contributed by atoms with Crippen LogP contribution in [0.25, 0.3) is 0 Å². The van der Waals surface area contributed by atoms with Crippen LogP contribution in [-0.2, 0) is 17.7 Å². The number of fused-ring (bicyclic) bond motifs is 1. The van der Waals surface area contributed by atoms with E-state index in [-0.39, 0.29) is 22.8 Å². The molecule has 0 spiro atoms. The first-order valence-corrected chi connectivity index (χ1v) is 10.8. The highest BCUT2D eigenvalue weighted by molar-refractivity contribution is 5.75. The molecule has 2 aliphatic rings. The standard InChI is InChI=1S/C23H29N5O3/c24-23(25)27-14-11-18-5-1-3-7-20(18)22(27)31-16-17-9-12-26(13-10-17)15-19-6-2-4-8-21(19)28(29)30/h1-8,17,22H,9-16H2,(H3,24,25). The smallest absolute Gasteiger partial charge is 0.273 e. The van der Waals surface area contributed by atoms with Crippen LogP contribution in [0.15, 0.2) is 48.5 Å². The van der Waals surface area contributed by atoms with Gasteiger partial charge in [-0.05, 0) is 43.8 Å². The average molecular weight is 424 g/mol. The lowest BCUT2D eigenvalue weighted by Gasteiger charge is -2.39. The first kappa shape index (κ1) is 21.3. The van der Waals surface area contributed by atoms with Crippen molar-refractivity contribution < 1.29 is 9.66 Å². The third-order valence-corrected chi connectivity index (χ3v) is 6.31. The highest BCUT2D eigenvalue weighted by Gasteiger charge is 2.30. The van der Waals surface area contributed by atoms with Crippen molar-refractivity contribution in [3.05, 3.63) is 75.3 Å². The third kappa shape index (κ3) is 4.86. The predicted molar refractivity (Wildman–Crippen MR) is 119 cm³/mol. The molecule has 2 heterocycles. The van der Waals surface area contributed by atoms with Gasteiger partial charge in [-0.15, -0.1) is 0 Å². The molecule has 2 aromatic carbocycles. The second-order valence-electron chi connectivity index (χ2n) is 8.32. The number of ether oxygens (including phenoxy) is 1. The minimum atomic E-state index is -0.313. The summed E-state index contributed by atoms with van der Waals surface area (Å²) >= 11 is 0. The van der Waals surface area contributed by atoms with Crippen LogP contribution in [0.3, 0.4) is 0 Å². The van der Waals surface area contributed by atoms with Crippen LogP contribution in [0.2, 0.25) is 0 Å². The van der Waals surface area contributed by atoms with E-state index >= 15 is 0 Å². The molecule has 2 aliphatic heterocycles. The molecule has 1 atom stereocenters. The summed E-state index contributed by atoms with van der Waals surface area (Å²) in [7, 11) is 0. The van der Waals surface area contributed by atoms with Gasteiger partial charge in [0.05, 0.1) is 11.5 Å². The fourth-order valence-corrected chi connectivity index (χ4v) is 4.56. The van der Waals surface area contributed by atoms with Gasteiger partial charge in [0.15, 0.2) is 12.2 Å². The van der Waals surface area contributed by atoms with Crippen molar-refractivity contribution in [2.75, 3.05) is 26.2 Å². The summed E-state index contributed by atoms with van der Waals surface area (Å²) in [5.74, 6) is 0.462. The highest BCUT2D eigenvalue weighted by Crippen LogP contribution is 2.32. The van der Waals surface area contributed by atoms with Gasteiger partial charge in [-0.3, -0.25) is 20.4 Å². The molecule has 8 heteroatoms. The lowest BCUT2D eigenvalue weighted by molar-refractivity contribution is -0.385. The van der Waals surface area contributed by atoms with Crippen molar-refractivity contribution in [3.63, 3.8) is 0 Å². The van der Waals surface area contributed by atoms with Gasteiger partial charge in [-0.1, -0.05) is 42.5 Å². The third-order valence-electron chi connectivity index (χ3n) is 6.31. The van der Waals surface area contributed by atoms with Gasteiger partial charge in [0.1, 0.15) is 0 Å². The van der Waals surface area contributed by atoms with E-state index in [2.05, 4.69) is 17.0 Å². The molecular weight excluding hydrogens is 394 g/mol. The summed E-state index contributed by atoms with van der Waals surface area (Å²) in [6, 6.07) is 15.2. The lowest BCUT2D eigenvalue weighted by Crippen LogP contribution is -2.45. The number of piperidine rings is 1. The summed E-state index contributed by atoms with van der Waals surface area (Å²) in [4.78, 5) is 15.0. The Morgan fingerprint density at radius 3 is 2.58 bits per heavy atom. The molecule has 0 aliphatic carbocycles. The Labute approximate surface area is 182 Å². The van der Waals surface area contributed by atoms with E-state index in [1.807, 2.05) is 29.2 Å². The van der Waals surface area contributed by atoms with E-state index in [1.54, 1.807) is 12.1 Å². The number of hydrogen-bond acceptors (Lipinski definition) is 5. The number of nitrogens with one attached hydrogen (secondary N) is 1. The molecule has 164 valence electrons. The summed E-state index contributed by atoms with van der Waals surface area (Å²) < 4.78 is 6.32. The number of benzene rings is 2. The fourth-order valence-electron chi connectivity index (χ4n) is 4.56. The number of nitrogens with zero attached hydrogens (tertiary/aromatic N) is 3. The summed E-state index contributed by atoms with van der Waals surface area (Å²) in [6.45, 7) is 3.67. The van der Waals surface area contributed by atoms with Gasteiger partial charge in [-0.25, -0.2) is 0 Å². The Morgan fingerprint density at radius 2 is 1.84 bits per heavy atom. The minimum Gasteiger partial charge on any atom is -0.370 e. The molecule has 0 amide bonds. The summed E-state index contributed by atoms with van der Waals surface area (Å²) in [5, 5.41) is 19.2. The molecule has 3 N–H and O–H groups in total. The highest BCUT2D eigenvalue weighted by atomic mass is 16.6. The van der Waals surface area contributed by atoms with E-state index in [0.717, 1.165) is 43.5 Å². The topological polar surface area (TPSA) is 109 Å². The second-order valence-corrected chi connectivity index (χ2v) is 8.32. The van der Waals surface area contributed by atoms with E-state index in [4.69, 9.17) is 15.9 Å². The second kappa shape index (κ2) is 9.45. The van der Waals surface area contributed by atoms with Crippen molar-refractivity contribution in [1.82, 2.24) is 9.80 Å². The van der Waals surface area contributed by atoms with Crippen molar-refractivity contribution >= 4 is 11.6 Å². The molecular formula is C23H29N5O3. The molecule has 8 nitrogen and oxygen atoms in total. The maximum Gasteiger partial charge on any atom is 0.273 e. The average Bonchev–Trinajstić information content (AvgIpc) is 2.78. The minimum absolute atomic E-state index is 0.0405. The molecule has 0 radical (unpaired) electrons. The Hall–Kier alpha value is -2.97. The van der Waals surface area contributed by atoms with E-state index in [1.165, 1.54) is 5.56 Å². The zero-order valence-corrected chi connectivity index (χ0v) is 17.6. The van der Waals surface area contributed by atoms with Crippen molar-refractivity contribution in [3.8, 4) is 0 Å². The van der Waals surface area contributed by atoms with Gasteiger partial charge in [-0.2, -0.15) is 0 Å². The number of para-hydroxylation sites is 1. The number of likely N-dealkylation sites (tertiary alicyclic amines) is 1. The summed E-state index contributed by atoms with van der Waals surface area (Å²) in [5.41, 5.74) is 9.12. The van der Waals surface area contributed by atoms with Crippen LogP contribution in [-0.4, -0.2) is 46.9 Å². The van der Waals surface area contributed by atoms with Gasteiger partial charge < -0.3 is 15.4 Å². The molecule has 2 aromatic rings. The first-order valence-electron chi connectivity index (χ1n) is 10.8. The van der Waals surface area contributed by atoms with Gasteiger partial charge in [0.25, 0.3) is 5.69 Å². The first-order chi connectivity index (χ1) is 15.0. The zero-order valence-electron chi connectivity index (χ0n) is 17.6. The molecule has 1 unspecified atom stereocenters. The number of nitrogens with two attached hydrogens (primary N) is 1. The van der Waals surface area contributed by atoms with Crippen LogP contribution in [0.4, 0.5) is 5.69 Å².